The van der Waals surface area contributed by atoms with E-state index < -0.39 is 11.8 Å². The van der Waals surface area contributed by atoms with Gasteiger partial charge < -0.3 is 9.57 Å². The van der Waals surface area contributed by atoms with E-state index in [4.69, 9.17) is 24.5 Å². The summed E-state index contributed by atoms with van der Waals surface area (Å²) in [7, 11) is 0. The summed E-state index contributed by atoms with van der Waals surface area (Å²) >= 11 is 0. The minimum absolute atomic E-state index is 0.231. The van der Waals surface area contributed by atoms with Crippen LogP contribution >= 0.6 is 0 Å². The van der Waals surface area contributed by atoms with Crippen LogP contribution in [0.5, 0.6) is 0 Å². The molecule has 48 heavy (non-hydrogen) atoms. The number of fused-ring (bicyclic) bond motifs is 6. The molecule has 2 heterocycles. The van der Waals surface area contributed by atoms with Gasteiger partial charge in [0.25, 0.3) is 0 Å². The van der Waals surface area contributed by atoms with Gasteiger partial charge in [0.2, 0.25) is 0 Å². The third kappa shape index (κ3) is 4.99. The van der Waals surface area contributed by atoms with Crippen LogP contribution in [-0.4, -0.2) is 31.4 Å². The Hall–Kier alpha value is -5.82. The third-order valence-corrected chi connectivity index (χ3v) is 8.94. The molecule has 0 saturated carbocycles. The molecule has 0 amide bonds. The average Bonchev–Trinajstić information content (AvgIpc) is 3.50. The molecule has 0 saturated heterocycles. The number of hydrogen-bond acceptors (Lipinski definition) is 6. The molecular formula is C41H34N4O3. The van der Waals surface area contributed by atoms with E-state index in [2.05, 4.69) is 56.3 Å². The van der Waals surface area contributed by atoms with E-state index in [-0.39, 0.29) is 5.41 Å². The zero-order valence-electron chi connectivity index (χ0n) is 27.5. The molecule has 2 aromatic heterocycles. The Labute approximate surface area is 278 Å². The van der Waals surface area contributed by atoms with Crippen molar-refractivity contribution in [1.82, 2.24) is 19.7 Å². The van der Waals surface area contributed by atoms with E-state index in [0.29, 0.717) is 17.5 Å². The molecule has 0 spiro atoms. The Morgan fingerprint density at radius 2 is 1.17 bits per heavy atom. The summed E-state index contributed by atoms with van der Waals surface area (Å²) in [6, 6.07) is 38.7. The number of aromatic nitrogens is 4. The van der Waals surface area contributed by atoms with Crippen molar-refractivity contribution in [3.05, 3.63) is 126 Å². The van der Waals surface area contributed by atoms with Gasteiger partial charge >= 0.3 is 6.16 Å². The zero-order valence-corrected chi connectivity index (χ0v) is 27.5. The number of carbonyl (C=O) groups excluding carboxylic acids is 1. The fourth-order valence-corrected chi connectivity index (χ4v) is 6.70. The van der Waals surface area contributed by atoms with Gasteiger partial charge in [0.1, 0.15) is 5.60 Å². The van der Waals surface area contributed by atoms with Crippen LogP contribution in [0.1, 0.15) is 45.7 Å². The van der Waals surface area contributed by atoms with Crippen LogP contribution in [-0.2, 0) is 10.2 Å². The lowest BCUT2D eigenvalue weighted by atomic mass is 9.82. The van der Waals surface area contributed by atoms with Crippen LogP contribution < -0.4 is 4.84 Å². The fourth-order valence-electron chi connectivity index (χ4n) is 6.70. The standard InChI is InChI=1S/C41H34N4O3/c1-40(2,3)47-39(46)48-45-34-21-20-27(38-43-36(25-14-8-6-9-15-25)42-37(44-38)26-16-10-7-11-17-26)22-30(34)31-23-29-28-18-12-13-19-32(28)41(4,5)33(29)24-35(31)45/h6-24H,1-5H3. The number of nitrogens with zero attached hydrogens (tertiary/aromatic N) is 4. The Morgan fingerprint density at radius 3 is 1.79 bits per heavy atom. The first-order valence-electron chi connectivity index (χ1n) is 16.1. The highest BCUT2D eigenvalue weighted by Crippen LogP contribution is 2.50. The number of hydrogen-bond donors (Lipinski definition) is 0. The first-order chi connectivity index (χ1) is 23.1. The molecule has 8 rings (SSSR count). The Bertz CT molecular complexity index is 2310. The molecule has 7 nitrogen and oxygen atoms in total. The van der Waals surface area contributed by atoms with Crippen LogP contribution in [0.3, 0.4) is 0 Å². The van der Waals surface area contributed by atoms with Crippen LogP contribution in [0.25, 0.3) is 67.1 Å². The second kappa shape index (κ2) is 10.9. The lowest BCUT2D eigenvalue weighted by molar-refractivity contribution is -0.00688. The van der Waals surface area contributed by atoms with Gasteiger partial charge in [-0.15, -0.1) is 0 Å². The molecular weight excluding hydrogens is 596 g/mol. The molecule has 7 aromatic rings. The van der Waals surface area contributed by atoms with Gasteiger partial charge in [0.05, 0.1) is 11.0 Å². The lowest BCUT2D eigenvalue weighted by Gasteiger charge is -2.22. The lowest BCUT2D eigenvalue weighted by Crippen LogP contribution is -2.29. The van der Waals surface area contributed by atoms with Gasteiger partial charge in [-0.25, -0.2) is 19.7 Å². The maximum atomic E-state index is 13.1. The van der Waals surface area contributed by atoms with E-state index in [9.17, 15) is 4.79 Å². The van der Waals surface area contributed by atoms with Crippen LogP contribution in [0.15, 0.2) is 115 Å². The quantitative estimate of drug-likeness (QED) is 0.180. The molecule has 0 fully saturated rings. The zero-order chi connectivity index (χ0) is 33.2. The molecule has 5 aromatic carbocycles. The largest absolute Gasteiger partial charge is 0.534 e. The Balaban J connectivity index is 1.36. The van der Waals surface area contributed by atoms with Crippen molar-refractivity contribution in [2.45, 2.75) is 45.6 Å². The minimum Gasteiger partial charge on any atom is -0.427 e. The van der Waals surface area contributed by atoms with Crippen molar-refractivity contribution in [2.75, 3.05) is 0 Å². The third-order valence-electron chi connectivity index (χ3n) is 8.94. The van der Waals surface area contributed by atoms with Crippen molar-refractivity contribution < 1.29 is 14.4 Å². The molecule has 1 aliphatic carbocycles. The van der Waals surface area contributed by atoms with Gasteiger partial charge in [0.15, 0.2) is 17.5 Å². The van der Waals surface area contributed by atoms with Crippen LogP contribution in [0.4, 0.5) is 4.79 Å². The van der Waals surface area contributed by atoms with E-state index in [0.717, 1.165) is 38.5 Å². The normalized spacial score (nSPS) is 13.4. The molecule has 0 radical (unpaired) electrons. The topological polar surface area (TPSA) is 79.1 Å². The number of carbonyl (C=O) groups is 1. The second-order valence-corrected chi connectivity index (χ2v) is 13.7. The van der Waals surface area contributed by atoms with E-state index in [1.54, 1.807) is 4.73 Å². The predicted molar refractivity (Wildman–Crippen MR) is 190 cm³/mol. The Morgan fingerprint density at radius 1 is 0.604 bits per heavy atom. The average molecular weight is 631 g/mol. The second-order valence-electron chi connectivity index (χ2n) is 13.7. The van der Waals surface area contributed by atoms with Crippen LogP contribution in [0, 0.1) is 0 Å². The Kier molecular flexibility index (Phi) is 6.70. The van der Waals surface area contributed by atoms with Crippen molar-refractivity contribution in [3.8, 4) is 45.3 Å². The summed E-state index contributed by atoms with van der Waals surface area (Å²) in [5.41, 5.74) is 8.01. The van der Waals surface area contributed by atoms with E-state index in [1.807, 2.05) is 93.6 Å². The molecule has 7 heteroatoms. The van der Waals surface area contributed by atoms with Gasteiger partial charge in [-0.3, -0.25) is 0 Å². The minimum atomic E-state index is -0.772. The van der Waals surface area contributed by atoms with Crippen LogP contribution in [0.2, 0.25) is 0 Å². The summed E-state index contributed by atoms with van der Waals surface area (Å²) in [6.07, 6.45) is -0.772. The maximum Gasteiger partial charge on any atom is 0.534 e. The smallest absolute Gasteiger partial charge is 0.427 e. The number of ether oxygens (including phenoxy) is 1. The molecule has 0 bridgehead atoms. The molecule has 236 valence electrons. The van der Waals surface area contributed by atoms with E-state index in [1.165, 1.54) is 22.3 Å². The fraction of sp³-hybridized carbons (Fsp3) is 0.171. The maximum absolute atomic E-state index is 13.1. The molecule has 0 atom stereocenters. The summed E-state index contributed by atoms with van der Waals surface area (Å²) < 4.78 is 7.18. The van der Waals surface area contributed by atoms with Crippen molar-refractivity contribution in [3.63, 3.8) is 0 Å². The summed E-state index contributed by atoms with van der Waals surface area (Å²) in [4.78, 5) is 33.8. The van der Waals surface area contributed by atoms with Gasteiger partial charge in [0, 0.05) is 32.9 Å². The number of rotatable bonds is 4. The van der Waals surface area contributed by atoms with E-state index >= 15 is 0 Å². The SMILES string of the molecule is CC(C)(C)OC(=O)On1c2ccc(-c3nc(-c4ccccc4)nc(-c4ccccc4)n3)cc2c2cc3c(cc21)C(C)(C)c1ccccc1-3. The molecule has 0 aliphatic heterocycles. The number of benzene rings is 5. The predicted octanol–water partition coefficient (Wildman–Crippen LogP) is 9.65. The highest BCUT2D eigenvalue weighted by Gasteiger charge is 2.36. The highest BCUT2D eigenvalue weighted by molar-refractivity contribution is 6.11. The molecule has 1 aliphatic rings. The summed E-state index contributed by atoms with van der Waals surface area (Å²) in [6.45, 7) is 9.93. The molecule has 0 N–H and O–H groups in total. The highest BCUT2D eigenvalue weighted by atomic mass is 16.8. The monoisotopic (exact) mass is 630 g/mol. The summed E-state index contributed by atoms with van der Waals surface area (Å²) in [5.74, 6) is 1.73. The van der Waals surface area contributed by atoms with Gasteiger partial charge in [-0.1, -0.05) is 98.8 Å². The van der Waals surface area contributed by atoms with Crippen molar-refractivity contribution in [1.29, 1.82) is 0 Å². The first-order valence-corrected chi connectivity index (χ1v) is 16.1. The molecule has 0 unspecified atom stereocenters. The summed E-state index contributed by atoms with van der Waals surface area (Å²) in [5, 5.41) is 1.85. The first kappa shape index (κ1) is 29.6. The van der Waals surface area contributed by atoms with Crippen molar-refractivity contribution in [2.24, 2.45) is 0 Å². The van der Waals surface area contributed by atoms with Gasteiger partial charge in [-0.05, 0) is 73.4 Å². The van der Waals surface area contributed by atoms with Crippen molar-refractivity contribution >= 4 is 28.0 Å². The van der Waals surface area contributed by atoms with Gasteiger partial charge in [-0.2, -0.15) is 4.73 Å².